The SMILES string of the molecule is CNC1(CCC=O)CN(Cc2nc(-c3cccc(-c4cccc(Nc5nccc6sc(CN7CCC(C(=O)O)C7)nc56)c4Cl)c3Cl)ccc2C)C1. The number of carboxylic acid groups (broad SMARTS) is 1. The molecule has 0 saturated carbocycles. The number of likely N-dealkylation sites (tertiary alicyclic amines) is 2. The second kappa shape index (κ2) is 14.9. The van der Waals surface area contributed by atoms with Crippen molar-refractivity contribution in [3.63, 3.8) is 0 Å². The van der Waals surface area contributed by atoms with E-state index in [2.05, 4.69) is 38.4 Å². The summed E-state index contributed by atoms with van der Waals surface area (Å²) < 4.78 is 0.984. The third kappa shape index (κ3) is 7.37. The number of aliphatic carboxylic acids is 1. The maximum Gasteiger partial charge on any atom is 0.307 e. The molecule has 2 fully saturated rings. The summed E-state index contributed by atoms with van der Waals surface area (Å²) in [6, 6.07) is 17.7. The number of nitrogens with one attached hydrogen (secondary N) is 2. The number of rotatable bonds is 13. The van der Waals surface area contributed by atoms with Gasteiger partial charge in [0, 0.05) is 61.0 Å². The minimum atomic E-state index is -0.742. The minimum absolute atomic E-state index is 0.0268. The molecular weight excluding hydrogens is 705 g/mol. The Morgan fingerprint density at radius 3 is 2.53 bits per heavy atom. The van der Waals surface area contributed by atoms with Crippen molar-refractivity contribution in [2.45, 2.75) is 44.8 Å². The molecule has 1 atom stereocenters. The third-order valence-electron chi connectivity index (χ3n) is 10.0. The normalized spacial score (nSPS) is 17.5. The molecule has 3 aromatic heterocycles. The first-order chi connectivity index (χ1) is 24.7. The van der Waals surface area contributed by atoms with E-state index < -0.39 is 5.97 Å². The second-order valence-electron chi connectivity index (χ2n) is 13.5. The van der Waals surface area contributed by atoms with E-state index in [1.54, 1.807) is 17.5 Å². The molecule has 2 aliphatic heterocycles. The van der Waals surface area contributed by atoms with Gasteiger partial charge in [-0.05, 0) is 57.1 Å². The molecule has 2 aromatic carbocycles. The van der Waals surface area contributed by atoms with Crippen LogP contribution < -0.4 is 10.6 Å². The van der Waals surface area contributed by atoms with Gasteiger partial charge in [0.15, 0.2) is 5.82 Å². The number of fused-ring (bicyclic) bond motifs is 1. The van der Waals surface area contributed by atoms with Crippen LogP contribution in [0.15, 0.2) is 60.8 Å². The number of nitrogens with zero attached hydrogens (tertiary/aromatic N) is 5. The Kier molecular flexibility index (Phi) is 10.4. The van der Waals surface area contributed by atoms with E-state index in [9.17, 15) is 14.7 Å². The lowest BCUT2D eigenvalue weighted by Crippen LogP contribution is -2.67. The lowest BCUT2D eigenvalue weighted by Gasteiger charge is -2.50. The van der Waals surface area contributed by atoms with Crippen molar-refractivity contribution in [2.75, 3.05) is 38.5 Å². The number of thiazole rings is 1. The number of likely N-dealkylation sites (N-methyl/N-ethyl adjacent to an activating group) is 1. The molecule has 51 heavy (non-hydrogen) atoms. The van der Waals surface area contributed by atoms with Gasteiger partial charge in [0.25, 0.3) is 0 Å². The van der Waals surface area contributed by atoms with Gasteiger partial charge in [-0.3, -0.25) is 19.6 Å². The molecule has 5 aromatic rings. The Morgan fingerprint density at radius 2 is 1.78 bits per heavy atom. The van der Waals surface area contributed by atoms with Crippen molar-refractivity contribution >= 4 is 68.5 Å². The number of aryl methyl sites for hydroxylation is 1. The topological polar surface area (TPSA) is 124 Å². The fourth-order valence-corrected chi connectivity index (χ4v) is 8.73. The summed E-state index contributed by atoms with van der Waals surface area (Å²) in [6.45, 7) is 6.39. The van der Waals surface area contributed by atoms with Crippen molar-refractivity contribution in [1.82, 2.24) is 30.1 Å². The van der Waals surface area contributed by atoms with Crippen LogP contribution in [0.25, 0.3) is 32.6 Å². The number of hydrogen-bond acceptors (Lipinski definition) is 10. The van der Waals surface area contributed by atoms with Gasteiger partial charge in [0.1, 0.15) is 16.8 Å². The van der Waals surface area contributed by atoms with Crippen LogP contribution in [0.2, 0.25) is 10.0 Å². The summed E-state index contributed by atoms with van der Waals surface area (Å²) >= 11 is 15.8. The zero-order valence-corrected chi connectivity index (χ0v) is 30.8. The van der Waals surface area contributed by atoms with E-state index in [0.717, 1.165) is 81.2 Å². The van der Waals surface area contributed by atoms with Crippen LogP contribution in [0.3, 0.4) is 0 Å². The van der Waals surface area contributed by atoms with Crippen molar-refractivity contribution in [3.05, 3.63) is 87.1 Å². The summed E-state index contributed by atoms with van der Waals surface area (Å²) in [5.41, 5.74) is 6.66. The summed E-state index contributed by atoms with van der Waals surface area (Å²) in [5, 5.41) is 18.2. The second-order valence-corrected chi connectivity index (χ2v) is 15.3. The van der Waals surface area contributed by atoms with Crippen LogP contribution in [0.1, 0.15) is 35.5 Å². The predicted octanol–water partition coefficient (Wildman–Crippen LogP) is 7.44. The number of anilines is 2. The third-order valence-corrected chi connectivity index (χ3v) is 11.9. The smallest absolute Gasteiger partial charge is 0.307 e. The van der Waals surface area contributed by atoms with Crippen LogP contribution in [-0.4, -0.2) is 80.9 Å². The number of carboxylic acids is 1. The van der Waals surface area contributed by atoms with Gasteiger partial charge in [-0.1, -0.05) is 59.6 Å². The van der Waals surface area contributed by atoms with Crippen molar-refractivity contribution in [3.8, 4) is 22.4 Å². The molecule has 264 valence electrons. The van der Waals surface area contributed by atoms with Gasteiger partial charge in [-0.25, -0.2) is 9.97 Å². The molecule has 2 saturated heterocycles. The Hall–Kier alpha value is -3.97. The van der Waals surface area contributed by atoms with Gasteiger partial charge in [-0.2, -0.15) is 0 Å². The highest BCUT2D eigenvalue weighted by Crippen LogP contribution is 2.42. The first kappa shape index (κ1) is 35.4. The zero-order chi connectivity index (χ0) is 35.7. The summed E-state index contributed by atoms with van der Waals surface area (Å²) in [7, 11) is 1.96. The first-order valence-electron chi connectivity index (χ1n) is 17.0. The summed E-state index contributed by atoms with van der Waals surface area (Å²) in [6.07, 6.45) is 4.77. The van der Waals surface area contributed by atoms with Crippen LogP contribution in [0.4, 0.5) is 11.5 Å². The number of aldehydes is 1. The number of aromatic nitrogens is 3. The molecule has 5 heterocycles. The first-order valence-corrected chi connectivity index (χ1v) is 18.6. The zero-order valence-electron chi connectivity index (χ0n) is 28.5. The van der Waals surface area contributed by atoms with Gasteiger partial charge in [0.05, 0.1) is 44.3 Å². The average molecular weight is 745 g/mol. The van der Waals surface area contributed by atoms with E-state index in [4.69, 9.17) is 33.2 Å². The molecule has 10 nitrogen and oxygen atoms in total. The van der Waals surface area contributed by atoms with Gasteiger partial charge < -0.3 is 20.5 Å². The lowest BCUT2D eigenvalue weighted by atomic mass is 9.85. The summed E-state index contributed by atoms with van der Waals surface area (Å²) in [4.78, 5) is 41.4. The Balaban J connectivity index is 1.11. The highest BCUT2D eigenvalue weighted by Gasteiger charge is 2.41. The van der Waals surface area contributed by atoms with E-state index in [1.165, 1.54) is 0 Å². The van der Waals surface area contributed by atoms with E-state index in [0.29, 0.717) is 54.0 Å². The summed E-state index contributed by atoms with van der Waals surface area (Å²) in [5.74, 6) is -0.481. The maximum atomic E-state index is 11.4. The number of carbonyl (C=O) groups excluding carboxylic acids is 1. The Labute approximate surface area is 310 Å². The number of carbonyl (C=O) groups is 2. The number of pyridine rings is 2. The molecule has 2 aliphatic rings. The predicted molar refractivity (Wildman–Crippen MR) is 204 cm³/mol. The van der Waals surface area contributed by atoms with Gasteiger partial charge in [0.2, 0.25) is 0 Å². The molecule has 0 radical (unpaired) electrons. The Morgan fingerprint density at radius 1 is 1.02 bits per heavy atom. The van der Waals surface area contributed by atoms with Crippen LogP contribution in [0.5, 0.6) is 0 Å². The fourth-order valence-electron chi connectivity index (χ4n) is 7.12. The van der Waals surface area contributed by atoms with Gasteiger partial charge >= 0.3 is 5.97 Å². The van der Waals surface area contributed by atoms with E-state index >= 15 is 0 Å². The molecule has 0 bridgehead atoms. The average Bonchev–Trinajstić information content (AvgIpc) is 3.76. The van der Waals surface area contributed by atoms with Crippen LogP contribution in [-0.2, 0) is 22.7 Å². The molecule has 3 N–H and O–H groups in total. The largest absolute Gasteiger partial charge is 0.481 e. The highest BCUT2D eigenvalue weighted by atomic mass is 35.5. The molecule has 0 spiro atoms. The molecule has 13 heteroatoms. The monoisotopic (exact) mass is 743 g/mol. The van der Waals surface area contributed by atoms with Crippen LogP contribution in [0, 0.1) is 12.8 Å². The molecule has 7 rings (SSSR count). The van der Waals surface area contributed by atoms with E-state index in [1.807, 2.05) is 55.6 Å². The van der Waals surface area contributed by atoms with Crippen molar-refractivity contribution in [2.24, 2.45) is 5.92 Å². The molecule has 0 aliphatic carbocycles. The molecular formula is C38H39Cl2N7O3S. The lowest BCUT2D eigenvalue weighted by molar-refractivity contribution is -0.141. The van der Waals surface area contributed by atoms with E-state index in [-0.39, 0.29) is 11.5 Å². The van der Waals surface area contributed by atoms with Crippen molar-refractivity contribution in [1.29, 1.82) is 0 Å². The highest BCUT2D eigenvalue weighted by molar-refractivity contribution is 7.18. The quantitative estimate of drug-likeness (QED) is 0.105. The van der Waals surface area contributed by atoms with Gasteiger partial charge in [-0.15, -0.1) is 11.3 Å². The molecule has 0 amide bonds. The number of benzene rings is 2. The fraction of sp³-hybridized carbons (Fsp3) is 0.342. The number of halogens is 2. The standard InChI is InChI=1S/C38H39Cl2N7O3S/c1-23-10-11-28(43-30(23)19-47-21-38(22-47,41-2)14-5-17-48)27-8-3-6-25(33(27)39)26-7-4-9-29(34(26)40)44-36-35-31(12-15-42-36)51-32(45-35)20-46-16-13-24(18-46)37(49)50/h3-4,6-12,15,17,24,41H,5,13-14,16,18-22H2,1-2H3,(H,42,44)(H,49,50). The maximum absolute atomic E-state index is 11.4. The minimum Gasteiger partial charge on any atom is -0.481 e. The molecule has 1 unspecified atom stereocenters. The van der Waals surface area contributed by atoms with Crippen LogP contribution >= 0.6 is 34.5 Å². The van der Waals surface area contributed by atoms with Crippen molar-refractivity contribution < 1.29 is 14.7 Å². The number of hydrogen-bond donors (Lipinski definition) is 3. The Bertz CT molecular complexity index is 2100.